The number of anilines is 2. The monoisotopic (exact) mass is 419 g/mol. The van der Waals surface area contributed by atoms with Crippen LogP contribution in [-0.2, 0) is 0 Å². The number of aromatic nitrogens is 2. The Labute approximate surface area is 180 Å². The van der Waals surface area contributed by atoms with Gasteiger partial charge in [0.2, 0.25) is 0 Å². The van der Waals surface area contributed by atoms with E-state index in [-0.39, 0.29) is 0 Å². The topological polar surface area (TPSA) is 87.1 Å². The maximum absolute atomic E-state index is 5.50. The molecule has 0 atom stereocenters. The van der Waals surface area contributed by atoms with E-state index in [1.807, 2.05) is 31.3 Å². The fourth-order valence-corrected chi connectivity index (χ4v) is 3.60. The van der Waals surface area contributed by atoms with Crippen LogP contribution in [0.25, 0.3) is 11.0 Å². The van der Waals surface area contributed by atoms with E-state index in [1.54, 1.807) is 25.5 Å². The molecule has 9 heteroatoms. The summed E-state index contributed by atoms with van der Waals surface area (Å²) in [6.07, 6.45) is 4.23. The molecule has 1 aliphatic heterocycles. The molecule has 5 rings (SSSR count). The number of fused-ring (bicyclic) bond motifs is 1. The van der Waals surface area contributed by atoms with Gasteiger partial charge in [0, 0.05) is 43.2 Å². The van der Waals surface area contributed by atoms with E-state index in [4.69, 9.17) is 14.5 Å². The van der Waals surface area contributed by atoms with Crippen molar-refractivity contribution < 1.29 is 9.47 Å². The summed E-state index contributed by atoms with van der Waals surface area (Å²) >= 11 is 0. The number of rotatable bonds is 7. The Bertz CT molecular complexity index is 1120. The second kappa shape index (κ2) is 7.92. The average Bonchev–Trinajstić information content (AvgIpc) is 3.53. The first-order valence-electron chi connectivity index (χ1n) is 10.2. The van der Waals surface area contributed by atoms with Crippen molar-refractivity contribution in [1.29, 1.82) is 0 Å². The first-order chi connectivity index (χ1) is 15.1. The Balaban J connectivity index is 1.56. The van der Waals surface area contributed by atoms with Crippen LogP contribution >= 0.6 is 0 Å². The summed E-state index contributed by atoms with van der Waals surface area (Å²) in [6.45, 7) is 0.928. The maximum atomic E-state index is 5.50. The van der Waals surface area contributed by atoms with Gasteiger partial charge in [-0.05, 0) is 37.0 Å². The Kier molecular flexibility index (Phi) is 4.95. The lowest BCUT2D eigenvalue weighted by Gasteiger charge is -2.26. The number of hydrazone groups is 1. The quantitative estimate of drug-likeness (QED) is 0.605. The normalized spacial score (nSPS) is 15.6. The predicted octanol–water partition coefficient (Wildman–Crippen LogP) is 2.81. The van der Waals surface area contributed by atoms with Gasteiger partial charge >= 0.3 is 0 Å². The molecule has 2 aromatic carbocycles. The zero-order valence-electron chi connectivity index (χ0n) is 17.8. The lowest BCUT2D eigenvalue weighted by molar-refractivity contribution is 0.259. The van der Waals surface area contributed by atoms with E-state index in [0.717, 1.165) is 40.5 Å². The van der Waals surface area contributed by atoms with E-state index in [1.165, 1.54) is 12.8 Å². The summed E-state index contributed by atoms with van der Waals surface area (Å²) in [6, 6.07) is 12.1. The van der Waals surface area contributed by atoms with Crippen molar-refractivity contribution >= 4 is 28.2 Å². The fraction of sp³-hybridized carbons (Fsp3) is 0.318. The molecule has 9 nitrogen and oxygen atoms in total. The van der Waals surface area contributed by atoms with Crippen LogP contribution in [0.3, 0.4) is 0 Å². The molecule has 0 radical (unpaired) electrons. The summed E-state index contributed by atoms with van der Waals surface area (Å²) in [7, 11) is 5.15. The lowest BCUT2D eigenvalue weighted by atomic mass is 10.2. The Morgan fingerprint density at radius 2 is 1.81 bits per heavy atom. The Morgan fingerprint density at radius 3 is 2.45 bits per heavy atom. The van der Waals surface area contributed by atoms with E-state index in [9.17, 15) is 0 Å². The summed E-state index contributed by atoms with van der Waals surface area (Å²) < 4.78 is 11.0. The SMILES string of the molecule is COc1cc(OC)cc(N(CC2CC2)c2ccc3ncc(C4=NN(C)NN4)nc3c2)c1. The molecule has 1 saturated carbocycles. The van der Waals surface area contributed by atoms with Crippen LogP contribution in [-0.4, -0.2) is 48.7 Å². The van der Waals surface area contributed by atoms with Crippen molar-refractivity contribution in [2.75, 3.05) is 32.7 Å². The third-order valence-corrected chi connectivity index (χ3v) is 5.45. The van der Waals surface area contributed by atoms with Gasteiger partial charge < -0.3 is 14.4 Å². The summed E-state index contributed by atoms with van der Waals surface area (Å²) in [5.41, 5.74) is 10.3. The number of ether oxygens (including phenoxy) is 2. The minimum absolute atomic E-state index is 0.634. The fourth-order valence-electron chi connectivity index (χ4n) is 3.60. The molecule has 2 N–H and O–H groups in total. The van der Waals surface area contributed by atoms with Crippen LogP contribution in [0.1, 0.15) is 18.5 Å². The standard InChI is InChI=1S/C22H25N7O2/c1-28-26-22(25-27-28)21-12-23-19-7-6-15(10-20(19)24-21)29(13-14-4-5-14)16-8-17(30-2)11-18(9-16)31-3/h6-12,14,27H,4-5,13H2,1-3H3,(H,25,26). The van der Waals surface area contributed by atoms with Crippen LogP contribution in [0.4, 0.5) is 11.4 Å². The Morgan fingerprint density at radius 1 is 1.03 bits per heavy atom. The van der Waals surface area contributed by atoms with Gasteiger partial charge in [-0.25, -0.2) is 10.1 Å². The van der Waals surface area contributed by atoms with Gasteiger partial charge in [-0.1, -0.05) is 0 Å². The van der Waals surface area contributed by atoms with Gasteiger partial charge in [-0.15, -0.1) is 10.6 Å². The molecule has 0 saturated heterocycles. The molecule has 2 aliphatic rings. The first-order valence-corrected chi connectivity index (χ1v) is 10.2. The highest BCUT2D eigenvalue weighted by Gasteiger charge is 2.26. The molecule has 160 valence electrons. The smallest absolute Gasteiger partial charge is 0.190 e. The van der Waals surface area contributed by atoms with Crippen LogP contribution < -0.4 is 25.3 Å². The number of benzene rings is 2. The molecular formula is C22H25N7O2. The van der Waals surface area contributed by atoms with Gasteiger partial charge in [0.15, 0.2) is 5.84 Å². The van der Waals surface area contributed by atoms with Crippen LogP contribution in [0.2, 0.25) is 0 Å². The number of nitrogens with zero attached hydrogens (tertiary/aromatic N) is 5. The minimum Gasteiger partial charge on any atom is -0.497 e. The molecule has 0 spiro atoms. The summed E-state index contributed by atoms with van der Waals surface area (Å²) in [5.74, 6) is 2.85. The highest BCUT2D eigenvalue weighted by atomic mass is 16.5. The van der Waals surface area contributed by atoms with E-state index < -0.39 is 0 Å². The second-order valence-electron chi connectivity index (χ2n) is 7.76. The van der Waals surface area contributed by atoms with Crippen molar-refractivity contribution in [2.24, 2.45) is 11.0 Å². The summed E-state index contributed by atoms with van der Waals surface area (Å²) in [5, 5.41) is 5.93. The highest BCUT2D eigenvalue weighted by molar-refractivity contribution is 5.98. The molecule has 1 aromatic heterocycles. The van der Waals surface area contributed by atoms with Crippen molar-refractivity contribution in [3.8, 4) is 11.5 Å². The molecule has 2 heterocycles. The van der Waals surface area contributed by atoms with Crippen LogP contribution in [0.5, 0.6) is 11.5 Å². The van der Waals surface area contributed by atoms with E-state index >= 15 is 0 Å². The third kappa shape index (κ3) is 4.04. The van der Waals surface area contributed by atoms with Crippen molar-refractivity contribution in [2.45, 2.75) is 12.8 Å². The molecule has 31 heavy (non-hydrogen) atoms. The molecule has 0 bridgehead atoms. The largest absolute Gasteiger partial charge is 0.497 e. The third-order valence-electron chi connectivity index (χ3n) is 5.45. The minimum atomic E-state index is 0.634. The van der Waals surface area contributed by atoms with Gasteiger partial charge in [0.1, 0.15) is 17.2 Å². The molecular weight excluding hydrogens is 394 g/mol. The predicted molar refractivity (Wildman–Crippen MR) is 119 cm³/mol. The van der Waals surface area contributed by atoms with Gasteiger partial charge in [0.25, 0.3) is 0 Å². The number of hydrogen-bond acceptors (Lipinski definition) is 9. The molecule has 0 amide bonds. The number of amidine groups is 1. The van der Waals surface area contributed by atoms with Crippen molar-refractivity contribution in [1.82, 2.24) is 26.0 Å². The number of hydrazine groups is 2. The van der Waals surface area contributed by atoms with E-state index in [0.29, 0.717) is 17.4 Å². The number of hydrogen-bond donors (Lipinski definition) is 2. The molecule has 1 aliphatic carbocycles. The van der Waals surface area contributed by atoms with Gasteiger partial charge in [0.05, 0.1) is 31.4 Å². The lowest BCUT2D eigenvalue weighted by Crippen LogP contribution is -2.36. The zero-order chi connectivity index (χ0) is 21.4. The molecule has 0 unspecified atom stereocenters. The molecule has 3 aromatic rings. The molecule has 1 fully saturated rings. The first kappa shape index (κ1) is 19.4. The number of nitrogens with one attached hydrogen (secondary N) is 2. The zero-order valence-corrected chi connectivity index (χ0v) is 17.8. The summed E-state index contributed by atoms with van der Waals surface area (Å²) in [4.78, 5) is 11.7. The Hall–Kier alpha value is -3.59. The van der Waals surface area contributed by atoms with Crippen LogP contribution in [0, 0.1) is 5.92 Å². The maximum Gasteiger partial charge on any atom is 0.190 e. The van der Waals surface area contributed by atoms with Crippen LogP contribution in [0.15, 0.2) is 47.7 Å². The van der Waals surface area contributed by atoms with Crippen molar-refractivity contribution in [3.05, 3.63) is 48.3 Å². The number of methoxy groups -OCH3 is 2. The van der Waals surface area contributed by atoms with Crippen molar-refractivity contribution in [3.63, 3.8) is 0 Å². The highest BCUT2D eigenvalue weighted by Crippen LogP contribution is 2.38. The van der Waals surface area contributed by atoms with E-state index in [2.05, 4.69) is 38.1 Å². The van der Waals surface area contributed by atoms with Gasteiger partial charge in [-0.3, -0.25) is 10.4 Å². The second-order valence-corrected chi connectivity index (χ2v) is 7.76. The van der Waals surface area contributed by atoms with Gasteiger partial charge in [-0.2, -0.15) is 0 Å². The average molecular weight is 419 g/mol.